The molecule has 0 unspecified atom stereocenters. The second-order valence-electron chi connectivity index (χ2n) is 7.01. The summed E-state index contributed by atoms with van der Waals surface area (Å²) in [5.41, 5.74) is 0.992. The molecule has 35 heavy (non-hydrogen) atoms. The number of nitrogens with zero attached hydrogens (tertiary/aromatic N) is 1. The average Bonchev–Trinajstić information content (AvgIpc) is 2.84. The van der Waals surface area contributed by atoms with E-state index in [4.69, 9.17) is 9.47 Å². The summed E-state index contributed by atoms with van der Waals surface area (Å²) in [5, 5.41) is 14.5. The van der Waals surface area contributed by atoms with E-state index in [1.807, 2.05) is 6.07 Å². The molecule has 7 nitrogen and oxygen atoms in total. The van der Waals surface area contributed by atoms with Crippen LogP contribution in [0.2, 0.25) is 0 Å². The Kier molecular flexibility index (Phi) is 8.53. The van der Waals surface area contributed by atoms with Crippen LogP contribution in [0.5, 0.6) is 11.5 Å². The summed E-state index contributed by atoms with van der Waals surface area (Å²) in [6, 6.07) is 15.3. The van der Waals surface area contributed by atoms with Gasteiger partial charge in [0, 0.05) is 11.4 Å². The Hall–Kier alpha value is -4.23. The Balaban J connectivity index is 1.72. The minimum Gasteiger partial charge on any atom is -0.493 e. The van der Waals surface area contributed by atoms with Gasteiger partial charge in [-0.25, -0.2) is 8.78 Å². The molecule has 3 rings (SSSR count). The zero-order valence-corrected chi connectivity index (χ0v) is 19.9. The highest BCUT2D eigenvalue weighted by atomic mass is 79.9. The molecular formula is C25H18BrF2N3O4. The topological polar surface area (TPSA) is 100 Å². The van der Waals surface area contributed by atoms with Crippen molar-refractivity contribution in [2.75, 3.05) is 24.4 Å². The van der Waals surface area contributed by atoms with E-state index in [-0.39, 0.29) is 23.7 Å². The Labute approximate surface area is 208 Å². The number of halogens is 3. The van der Waals surface area contributed by atoms with Gasteiger partial charge in [-0.1, -0.05) is 0 Å². The minimum absolute atomic E-state index is 0.198. The molecule has 3 aromatic rings. The summed E-state index contributed by atoms with van der Waals surface area (Å²) in [6.45, 7) is -0.356. The number of anilines is 2. The third-order valence-electron chi connectivity index (χ3n) is 4.51. The molecule has 0 bridgehead atoms. The number of carbonyl (C=O) groups excluding carboxylic acids is 2. The van der Waals surface area contributed by atoms with Gasteiger partial charge < -0.3 is 20.1 Å². The number of methoxy groups -OCH3 is 1. The molecule has 0 saturated carbocycles. The van der Waals surface area contributed by atoms with Gasteiger partial charge in [0.05, 0.1) is 11.6 Å². The molecule has 0 saturated heterocycles. The maximum Gasteiger partial charge on any atom is 0.266 e. The van der Waals surface area contributed by atoms with Crippen LogP contribution >= 0.6 is 15.9 Å². The Morgan fingerprint density at radius 1 is 1.00 bits per heavy atom. The van der Waals surface area contributed by atoms with Crippen molar-refractivity contribution in [3.8, 4) is 17.6 Å². The molecule has 0 fully saturated rings. The largest absolute Gasteiger partial charge is 0.493 e. The van der Waals surface area contributed by atoms with E-state index in [1.54, 1.807) is 6.07 Å². The van der Waals surface area contributed by atoms with E-state index in [0.29, 0.717) is 21.4 Å². The molecule has 0 aliphatic rings. The molecule has 2 amide bonds. The number of benzene rings is 3. The lowest BCUT2D eigenvalue weighted by atomic mass is 10.1. The van der Waals surface area contributed by atoms with Crippen LogP contribution in [0, 0.1) is 23.0 Å². The highest BCUT2D eigenvalue weighted by Crippen LogP contribution is 2.37. The van der Waals surface area contributed by atoms with Crippen molar-refractivity contribution >= 4 is 45.2 Å². The highest BCUT2D eigenvalue weighted by molar-refractivity contribution is 9.10. The van der Waals surface area contributed by atoms with Crippen LogP contribution in [0.15, 0.2) is 70.7 Å². The van der Waals surface area contributed by atoms with E-state index in [1.165, 1.54) is 67.8 Å². The van der Waals surface area contributed by atoms with Crippen molar-refractivity contribution in [3.05, 3.63) is 87.9 Å². The molecule has 0 heterocycles. The molecule has 0 aliphatic heterocycles. The van der Waals surface area contributed by atoms with Crippen molar-refractivity contribution < 1.29 is 27.8 Å². The molecule has 0 atom stereocenters. The molecule has 0 spiro atoms. The average molecular weight is 542 g/mol. The molecular weight excluding hydrogens is 524 g/mol. The van der Waals surface area contributed by atoms with Gasteiger partial charge in [0.2, 0.25) is 0 Å². The zero-order valence-electron chi connectivity index (χ0n) is 18.3. The van der Waals surface area contributed by atoms with Gasteiger partial charge in [-0.15, -0.1) is 0 Å². The number of nitriles is 1. The van der Waals surface area contributed by atoms with Crippen molar-refractivity contribution in [1.29, 1.82) is 5.26 Å². The number of ether oxygens (including phenoxy) is 2. The predicted molar refractivity (Wildman–Crippen MR) is 130 cm³/mol. The van der Waals surface area contributed by atoms with Crippen LogP contribution in [0.4, 0.5) is 20.2 Å². The van der Waals surface area contributed by atoms with Gasteiger partial charge in [-0.05, 0) is 88.2 Å². The summed E-state index contributed by atoms with van der Waals surface area (Å²) in [6.07, 6.45) is 1.34. The number of nitrogens with one attached hydrogen (secondary N) is 2. The number of amides is 2. The van der Waals surface area contributed by atoms with Crippen LogP contribution in [-0.4, -0.2) is 25.5 Å². The maximum absolute atomic E-state index is 13.1. The summed E-state index contributed by atoms with van der Waals surface area (Å²) in [4.78, 5) is 24.6. The molecule has 0 aromatic heterocycles. The predicted octanol–water partition coefficient (Wildman–Crippen LogP) is 5.30. The van der Waals surface area contributed by atoms with Gasteiger partial charge in [0.25, 0.3) is 11.8 Å². The fourth-order valence-corrected chi connectivity index (χ4v) is 3.45. The van der Waals surface area contributed by atoms with Gasteiger partial charge in [-0.3, -0.25) is 9.59 Å². The van der Waals surface area contributed by atoms with Crippen molar-refractivity contribution in [1.82, 2.24) is 0 Å². The van der Waals surface area contributed by atoms with Crippen LogP contribution < -0.4 is 20.1 Å². The highest BCUT2D eigenvalue weighted by Gasteiger charge is 2.15. The quantitative estimate of drug-likeness (QED) is 0.297. The third kappa shape index (κ3) is 7.12. The van der Waals surface area contributed by atoms with E-state index in [2.05, 4.69) is 26.6 Å². The van der Waals surface area contributed by atoms with Crippen LogP contribution in [0.25, 0.3) is 6.08 Å². The second-order valence-corrected chi connectivity index (χ2v) is 7.86. The number of carbonyl (C=O) groups is 2. The van der Waals surface area contributed by atoms with Gasteiger partial charge in [0.15, 0.2) is 18.1 Å². The molecule has 2 N–H and O–H groups in total. The van der Waals surface area contributed by atoms with Gasteiger partial charge >= 0.3 is 0 Å². The minimum atomic E-state index is -0.674. The normalized spacial score (nSPS) is 10.8. The van der Waals surface area contributed by atoms with E-state index in [0.717, 1.165) is 0 Å². The monoisotopic (exact) mass is 541 g/mol. The molecule has 178 valence electrons. The standard InChI is InChI=1S/C25H18BrF2N3O4/c1-34-22-12-15(10-16(13-29)25(33)31-20-8-4-18(28)5-9-20)11-21(26)24(22)35-14-23(32)30-19-6-2-17(27)3-7-19/h2-12H,14H2,1H3,(H,30,32)(H,31,33)/b16-10+. The Morgan fingerprint density at radius 3 is 2.11 bits per heavy atom. The fourth-order valence-electron chi connectivity index (χ4n) is 2.88. The second kappa shape index (κ2) is 11.8. The van der Waals surface area contributed by atoms with Crippen LogP contribution in [0.3, 0.4) is 0 Å². The van der Waals surface area contributed by atoms with Crippen molar-refractivity contribution in [3.63, 3.8) is 0 Å². The first-order valence-electron chi connectivity index (χ1n) is 10.0. The maximum atomic E-state index is 13.1. The Morgan fingerprint density at radius 2 is 1.57 bits per heavy atom. The molecule has 0 aliphatic carbocycles. The first kappa shape index (κ1) is 25.4. The van der Waals surface area contributed by atoms with Gasteiger partial charge in [-0.2, -0.15) is 5.26 Å². The first-order chi connectivity index (χ1) is 16.8. The summed E-state index contributed by atoms with van der Waals surface area (Å²) in [7, 11) is 1.40. The number of rotatable bonds is 8. The SMILES string of the molecule is COc1cc(/C=C(\C#N)C(=O)Nc2ccc(F)cc2)cc(Br)c1OCC(=O)Nc1ccc(F)cc1. The third-order valence-corrected chi connectivity index (χ3v) is 5.09. The van der Waals surface area contributed by atoms with E-state index >= 15 is 0 Å². The molecule has 3 aromatic carbocycles. The van der Waals surface area contributed by atoms with Gasteiger partial charge in [0.1, 0.15) is 23.3 Å². The van der Waals surface area contributed by atoms with Crippen molar-refractivity contribution in [2.45, 2.75) is 0 Å². The molecule has 0 radical (unpaired) electrons. The Bertz CT molecular complexity index is 1300. The lowest BCUT2D eigenvalue weighted by Crippen LogP contribution is -2.20. The number of hydrogen-bond acceptors (Lipinski definition) is 5. The summed E-state index contributed by atoms with van der Waals surface area (Å²) < 4.78 is 37.4. The smallest absolute Gasteiger partial charge is 0.266 e. The fraction of sp³-hybridized carbons (Fsp3) is 0.0800. The zero-order chi connectivity index (χ0) is 25.4. The van der Waals surface area contributed by atoms with Crippen LogP contribution in [-0.2, 0) is 9.59 Å². The van der Waals surface area contributed by atoms with Crippen molar-refractivity contribution in [2.24, 2.45) is 0 Å². The first-order valence-corrected chi connectivity index (χ1v) is 10.8. The summed E-state index contributed by atoms with van der Waals surface area (Å²) in [5.74, 6) is -1.55. The lowest BCUT2D eigenvalue weighted by Gasteiger charge is -2.14. The molecule has 10 heteroatoms. The summed E-state index contributed by atoms with van der Waals surface area (Å²) >= 11 is 3.35. The van der Waals surface area contributed by atoms with E-state index in [9.17, 15) is 23.6 Å². The van der Waals surface area contributed by atoms with E-state index < -0.39 is 23.4 Å². The number of hydrogen-bond donors (Lipinski definition) is 2. The van der Waals surface area contributed by atoms with Crippen LogP contribution in [0.1, 0.15) is 5.56 Å². The lowest BCUT2D eigenvalue weighted by molar-refractivity contribution is -0.118.